The van der Waals surface area contributed by atoms with Crippen molar-refractivity contribution < 1.29 is 13.5 Å². The summed E-state index contributed by atoms with van der Waals surface area (Å²) in [4.78, 5) is 3.09. The maximum Gasteiger partial charge on any atom is 0.387 e. The van der Waals surface area contributed by atoms with E-state index in [4.69, 9.17) is 0 Å². The molecule has 1 aromatic heterocycles. The lowest BCUT2D eigenvalue weighted by molar-refractivity contribution is -0.0498. The lowest BCUT2D eigenvalue weighted by Crippen LogP contribution is -2.01. The van der Waals surface area contributed by atoms with E-state index < -0.39 is 6.61 Å². The van der Waals surface area contributed by atoms with E-state index in [9.17, 15) is 8.78 Å². The van der Waals surface area contributed by atoms with Crippen molar-refractivity contribution in [1.82, 2.24) is 4.98 Å². The molecule has 2 rings (SSSR count). The van der Waals surface area contributed by atoms with E-state index in [0.29, 0.717) is 0 Å². The molecule has 2 aromatic rings. The molecule has 0 fully saturated rings. The van der Waals surface area contributed by atoms with Crippen molar-refractivity contribution in [2.24, 2.45) is 0 Å². The first-order chi connectivity index (χ1) is 7.65. The van der Waals surface area contributed by atoms with Gasteiger partial charge in [-0.3, -0.25) is 0 Å². The number of H-pyrrole nitrogens is 1. The highest BCUT2D eigenvalue weighted by atomic mass is 19.3. The molecule has 1 heterocycles. The maximum absolute atomic E-state index is 11.9. The fourth-order valence-electron chi connectivity index (χ4n) is 1.49. The Morgan fingerprint density at radius 2 is 1.88 bits per heavy atom. The molecular formula is C12H11F2NO. The van der Waals surface area contributed by atoms with Crippen LogP contribution in [0.2, 0.25) is 0 Å². The molecule has 0 aliphatic heterocycles. The summed E-state index contributed by atoms with van der Waals surface area (Å²) in [6.45, 7) is -0.799. The number of alkyl halides is 2. The lowest BCUT2D eigenvalue weighted by atomic mass is 10.1. The smallest absolute Gasteiger partial charge is 0.387 e. The molecule has 0 saturated heterocycles. The third-order valence-electron chi connectivity index (χ3n) is 2.22. The average Bonchev–Trinajstić information content (AvgIpc) is 2.65. The molecule has 0 radical (unpaired) electrons. The number of halogens is 2. The van der Waals surface area contributed by atoms with Crippen LogP contribution in [0.25, 0.3) is 11.3 Å². The van der Waals surface area contributed by atoms with Crippen LogP contribution < -0.4 is 4.74 Å². The Balaban J connectivity index is 2.19. The molecule has 2 nitrogen and oxygen atoms in total. The summed E-state index contributed by atoms with van der Waals surface area (Å²) in [5.74, 6) is 0.169. The Labute approximate surface area is 91.9 Å². The van der Waals surface area contributed by atoms with E-state index in [0.717, 1.165) is 16.8 Å². The number of benzene rings is 1. The van der Waals surface area contributed by atoms with Crippen molar-refractivity contribution in [3.8, 4) is 17.0 Å². The van der Waals surface area contributed by atoms with Crippen LogP contribution in [0.15, 0.2) is 36.5 Å². The minimum atomic E-state index is -2.78. The third-order valence-corrected chi connectivity index (χ3v) is 2.22. The first kappa shape index (κ1) is 10.7. The summed E-state index contributed by atoms with van der Waals surface area (Å²) in [7, 11) is 0. The van der Waals surface area contributed by atoms with Gasteiger partial charge < -0.3 is 9.72 Å². The fraction of sp³-hybridized carbons (Fsp3) is 0.167. The van der Waals surface area contributed by atoms with Crippen LogP contribution in [-0.2, 0) is 0 Å². The number of ether oxygens (including phenoxy) is 1. The van der Waals surface area contributed by atoms with Gasteiger partial charge in [0.25, 0.3) is 0 Å². The standard InChI is InChI=1S/C12H11F2NO/c1-8-6-11(15-7-8)9-2-4-10(5-3-9)16-12(13)14/h2-7,12,15H,1H3. The van der Waals surface area contributed by atoms with Gasteiger partial charge in [-0.25, -0.2) is 0 Å². The van der Waals surface area contributed by atoms with Crippen molar-refractivity contribution >= 4 is 0 Å². The topological polar surface area (TPSA) is 25.0 Å². The molecule has 0 aliphatic carbocycles. The van der Waals surface area contributed by atoms with Gasteiger partial charge in [-0.1, -0.05) is 0 Å². The van der Waals surface area contributed by atoms with Crippen LogP contribution in [0.4, 0.5) is 8.78 Å². The number of hydrogen-bond donors (Lipinski definition) is 1. The Morgan fingerprint density at radius 1 is 1.19 bits per heavy atom. The van der Waals surface area contributed by atoms with Crippen LogP contribution in [0.1, 0.15) is 5.56 Å². The van der Waals surface area contributed by atoms with E-state index in [-0.39, 0.29) is 5.75 Å². The molecule has 0 spiro atoms. The normalized spacial score (nSPS) is 10.8. The van der Waals surface area contributed by atoms with Crippen LogP contribution >= 0.6 is 0 Å². The van der Waals surface area contributed by atoms with E-state index >= 15 is 0 Å². The summed E-state index contributed by atoms with van der Waals surface area (Å²) < 4.78 is 28.1. The molecule has 1 aromatic carbocycles. The second-order valence-electron chi connectivity index (χ2n) is 3.49. The molecule has 84 valence electrons. The fourth-order valence-corrected chi connectivity index (χ4v) is 1.49. The zero-order valence-electron chi connectivity index (χ0n) is 8.71. The van der Waals surface area contributed by atoms with Gasteiger partial charge in [0.2, 0.25) is 0 Å². The van der Waals surface area contributed by atoms with Gasteiger partial charge in [0.05, 0.1) is 0 Å². The molecule has 4 heteroatoms. The van der Waals surface area contributed by atoms with Crippen LogP contribution in [0.3, 0.4) is 0 Å². The highest BCUT2D eigenvalue weighted by Gasteiger charge is 2.04. The van der Waals surface area contributed by atoms with E-state index in [1.807, 2.05) is 19.2 Å². The predicted molar refractivity (Wildman–Crippen MR) is 57.6 cm³/mol. The third kappa shape index (κ3) is 2.39. The lowest BCUT2D eigenvalue weighted by Gasteiger charge is -2.04. The molecule has 16 heavy (non-hydrogen) atoms. The molecule has 1 N–H and O–H groups in total. The van der Waals surface area contributed by atoms with Crippen LogP contribution in [0, 0.1) is 6.92 Å². The zero-order valence-corrected chi connectivity index (χ0v) is 8.71. The minimum absolute atomic E-state index is 0.169. The van der Waals surface area contributed by atoms with Crippen molar-refractivity contribution in [3.63, 3.8) is 0 Å². The highest BCUT2D eigenvalue weighted by Crippen LogP contribution is 2.22. The molecule has 0 atom stereocenters. The van der Waals surface area contributed by atoms with Crippen molar-refractivity contribution in [1.29, 1.82) is 0 Å². The molecule has 0 bridgehead atoms. The number of rotatable bonds is 3. The summed E-state index contributed by atoms with van der Waals surface area (Å²) in [5, 5.41) is 0. The van der Waals surface area contributed by atoms with Crippen LogP contribution in [0.5, 0.6) is 5.75 Å². The zero-order chi connectivity index (χ0) is 11.5. The quantitative estimate of drug-likeness (QED) is 0.845. The van der Waals surface area contributed by atoms with E-state index in [1.54, 1.807) is 12.1 Å². The van der Waals surface area contributed by atoms with Crippen molar-refractivity contribution in [2.45, 2.75) is 13.5 Å². The van der Waals surface area contributed by atoms with Crippen molar-refractivity contribution in [2.75, 3.05) is 0 Å². The first-order valence-corrected chi connectivity index (χ1v) is 4.85. The SMILES string of the molecule is Cc1c[nH]c(-c2ccc(OC(F)F)cc2)c1. The predicted octanol–water partition coefficient (Wildman–Crippen LogP) is 3.59. The maximum atomic E-state index is 11.9. The second-order valence-corrected chi connectivity index (χ2v) is 3.49. The van der Waals surface area contributed by atoms with Gasteiger partial charge in [-0.05, 0) is 48.4 Å². The first-order valence-electron chi connectivity index (χ1n) is 4.85. The van der Waals surface area contributed by atoms with Gasteiger partial charge in [-0.15, -0.1) is 0 Å². The van der Waals surface area contributed by atoms with Crippen LogP contribution in [-0.4, -0.2) is 11.6 Å². The van der Waals surface area contributed by atoms with Gasteiger partial charge >= 0.3 is 6.61 Å². The summed E-state index contributed by atoms with van der Waals surface area (Å²) in [6.07, 6.45) is 1.89. The van der Waals surface area contributed by atoms with Crippen molar-refractivity contribution in [3.05, 3.63) is 42.1 Å². The Bertz CT molecular complexity index is 462. The average molecular weight is 223 g/mol. The monoisotopic (exact) mass is 223 g/mol. The Kier molecular flexibility index (Phi) is 2.90. The summed E-state index contributed by atoms with van der Waals surface area (Å²) in [6, 6.07) is 8.52. The number of aryl methyl sites for hydroxylation is 1. The highest BCUT2D eigenvalue weighted by molar-refractivity contribution is 5.61. The van der Waals surface area contributed by atoms with Gasteiger partial charge in [0, 0.05) is 11.9 Å². The number of aromatic nitrogens is 1. The summed E-state index contributed by atoms with van der Waals surface area (Å²) >= 11 is 0. The molecule has 0 aliphatic rings. The van der Waals surface area contributed by atoms with E-state index in [1.165, 1.54) is 12.1 Å². The molecular weight excluding hydrogens is 212 g/mol. The number of aromatic amines is 1. The Hall–Kier alpha value is -1.84. The second kappa shape index (κ2) is 4.35. The van der Waals surface area contributed by atoms with Gasteiger partial charge in [0.1, 0.15) is 5.75 Å². The molecule has 0 amide bonds. The number of nitrogens with one attached hydrogen (secondary N) is 1. The van der Waals surface area contributed by atoms with Gasteiger partial charge in [-0.2, -0.15) is 8.78 Å². The van der Waals surface area contributed by atoms with E-state index in [2.05, 4.69) is 9.72 Å². The molecule has 0 saturated carbocycles. The number of hydrogen-bond acceptors (Lipinski definition) is 1. The van der Waals surface area contributed by atoms with Gasteiger partial charge in [0.15, 0.2) is 0 Å². The Morgan fingerprint density at radius 3 is 2.38 bits per heavy atom. The minimum Gasteiger partial charge on any atom is -0.435 e. The molecule has 0 unspecified atom stereocenters. The summed E-state index contributed by atoms with van der Waals surface area (Å²) in [5.41, 5.74) is 3.03. The largest absolute Gasteiger partial charge is 0.435 e.